The zero-order valence-corrected chi connectivity index (χ0v) is 17.3. The largest absolute Gasteiger partial charge is 0.398 e. The van der Waals surface area contributed by atoms with E-state index in [1.807, 2.05) is 4.90 Å². The van der Waals surface area contributed by atoms with Gasteiger partial charge >= 0.3 is 0 Å². The minimum absolute atomic E-state index is 0.0243. The Hall–Kier alpha value is -2.76. The Labute approximate surface area is 173 Å². The third-order valence-corrected chi connectivity index (χ3v) is 5.57. The van der Waals surface area contributed by atoms with Gasteiger partial charge in [-0.25, -0.2) is 0 Å². The Morgan fingerprint density at radius 3 is 2.59 bits per heavy atom. The number of carbonyl (C=O) groups is 2. The SMILES string of the molecule is CCCCCNC(=O)c1ccc(C(=O)N2CCN(C3=CC=CCC3)CC2)cc1N. The number of hydrogen-bond acceptors (Lipinski definition) is 4. The monoisotopic (exact) mass is 396 g/mol. The predicted molar refractivity (Wildman–Crippen MR) is 117 cm³/mol. The summed E-state index contributed by atoms with van der Waals surface area (Å²) in [6.45, 7) is 5.85. The molecule has 156 valence electrons. The molecule has 0 bridgehead atoms. The van der Waals surface area contributed by atoms with Gasteiger partial charge in [0.05, 0.1) is 5.56 Å². The summed E-state index contributed by atoms with van der Waals surface area (Å²) in [6.07, 6.45) is 11.8. The van der Waals surface area contributed by atoms with Crippen molar-refractivity contribution in [2.75, 3.05) is 38.5 Å². The van der Waals surface area contributed by atoms with Crippen LogP contribution in [-0.2, 0) is 0 Å². The lowest BCUT2D eigenvalue weighted by atomic mass is 10.1. The summed E-state index contributed by atoms with van der Waals surface area (Å²) in [7, 11) is 0. The van der Waals surface area contributed by atoms with Gasteiger partial charge in [0.25, 0.3) is 11.8 Å². The van der Waals surface area contributed by atoms with Crippen molar-refractivity contribution < 1.29 is 9.59 Å². The van der Waals surface area contributed by atoms with Gasteiger partial charge in [-0.1, -0.05) is 31.9 Å². The first-order valence-corrected chi connectivity index (χ1v) is 10.7. The number of anilines is 1. The molecule has 0 atom stereocenters. The van der Waals surface area contributed by atoms with Gasteiger partial charge in [0.1, 0.15) is 0 Å². The van der Waals surface area contributed by atoms with Gasteiger partial charge in [-0.05, 0) is 43.5 Å². The van der Waals surface area contributed by atoms with Crippen LogP contribution in [0.15, 0.2) is 42.1 Å². The molecule has 2 aliphatic rings. The molecule has 0 aromatic heterocycles. The second kappa shape index (κ2) is 10.1. The van der Waals surface area contributed by atoms with Crippen molar-refractivity contribution in [3.05, 3.63) is 53.3 Å². The van der Waals surface area contributed by atoms with E-state index in [0.29, 0.717) is 36.4 Å². The van der Waals surface area contributed by atoms with Crippen LogP contribution < -0.4 is 11.1 Å². The Morgan fingerprint density at radius 2 is 1.93 bits per heavy atom. The third-order valence-electron chi connectivity index (χ3n) is 5.57. The van der Waals surface area contributed by atoms with Crippen molar-refractivity contribution in [2.24, 2.45) is 0 Å². The highest BCUT2D eigenvalue weighted by molar-refractivity contribution is 6.02. The summed E-state index contributed by atoms with van der Waals surface area (Å²) >= 11 is 0. The summed E-state index contributed by atoms with van der Waals surface area (Å²) in [5, 5.41) is 2.89. The molecule has 6 nitrogen and oxygen atoms in total. The first-order chi connectivity index (χ1) is 14.1. The molecular weight excluding hydrogens is 364 g/mol. The molecule has 3 rings (SSSR count). The van der Waals surface area contributed by atoms with Gasteiger partial charge < -0.3 is 20.9 Å². The molecule has 1 aromatic rings. The summed E-state index contributed by atoms with van der Waals surface area (Å²) in [4.78, 5) is 29.4. The number of nitrogens with one attached hydrogen (secondary N) is 1. The lowest BCUT2D eigenvalue weighted by Crippen LogP contribution is -2.48. The van der Waals surface area contributed by atoms with Crippen LogP contribution in [0.5, 0.6) is 0 Å². The Kier molecular flexibility index (Phi) is 7.33. The highest BCUT2D eigenvalue weighted by atomic mass is 16.2. The van der Waals surface area contributed by atoms with Crippen LogP contribution in [0.3, 0.4) is 0 Å². The van der Waals surface area contributed by atoms with E-state index in [1.54, 1.807) is 18.2 Å². The van der Waals surface area contributed by atoms with Gasteiger partial charge in [-0.15, -0.1) is 0 Å². The van der Waals surface area contributed by atoms with E-state index in [2.05, 4.69) is 35.4 Å². The van der Waals surface area contributed by atoms with Gasteiger partial charge in [0.15, 0.2) is 0 Å². The number of hydrogen-bond donors (Lipinski definition) is 2. The lowest BCUT2D eigenvalue weighted by molar-refractivity contribution is 0.0666. The molecule has 0 radical (unpaired) electrons. The smallest absolute Gasteiger partial charge is 0.254 e. The molecule has 1 aliphatic carbocycles. The molecular formula is C23H32N4O2. The van der Waals surface area contributed by atoms with E-state index in [-0.39, 0.29) is 11.8 Å². The highest BCUT2D eigenvalue weighted by Gasteiger charge is 2.24. The summed E-state index contributed by atoms with van der Waals surface area (Å²) in [5.74, 6) is -0.204. The van der Waals surface area contributed by atoms with Gasteiger partial charge in [-0.3, -0.25) is 9.59 Å². The average molecular weight is 397 g/mol. The molecule has 6 heteroatoms. The normalized spacial score (nSPS) is 16.5. The van der Waals surface area contributed by atoms with Crippen molar-refractivity contribution in [2.45, 2.75) is 39.0 Å². The Bertz CT molecular complexity index is 792. The van der Waals surface area contributed by atoms with E-state index < -0.39 is 0 Å². The van der Waals surface area contributed by atoms with Crippen molar-refractivity contribution in [1.29, 1.82) is 0 Å². The number of nitrogens with two attached hydrogens (primary N) is 1. The van der Waals surface area contributed by atoms with Crippen molar-refractivity contribution in [3.8, 4) is 0 Å². The standard InChI is InChI=1S/C23H32N4O2/c1-2-3-7-12-25-22(28)20-11-10-18(17-21(20)24)23(29)27-15-13-26(14-16-27)19-8-5-4-6-9-19/h4-5,8,10-11,17H,2-3,6-7,9,12-16,24H2,1H3,(H,25,28). The second-order valence-electron chi connectivity index (χ2n) is 7.67. The number of nitrogens with zero attached hydrogens (tertiary/aromatic N) is 2. The maximum absolute atomic E-state index is 12.9. The number of unbranched alkanes of at least 4 members (excludes halogenated alkanes) is 2. The van der Waals surface area contributed by atoms with E-state index in [9.17, 15) is 9.59 Å². The minimum Gasteiger partial charge on any atom is -0.398 e. The molecule has 29 heavy (non-hydrogen) atoms. The van der Waals surface area contributed by atoms with Crippen LogP contribution in [0.25, 0.3) is 0 Å². The molecule has 1 heterocycles. The number of carbonyl (C=O) groups excluding carboxylic acids is 2. The number of nitrogen functional groups attached to an aromatic ring is 1. The number of amides is 2. The zero-order valence-electron chi connectivity index (χ0n) is 17.3. The van der Waals surface area contributed by atoms with Crippen LogP contribution in [0.1, 0.15) is 59.7 Å². The Balaban J connectivity index is 1.56. The first-order valence-electron chi connectivity index (χ1n) is 10.7. The minimum atomic E-state index is -0.180. The predicted octanol–water partition coefficient (Wildman–Crippen LogP) is 3.18. The molecule has 1 aromatic carbocycles. The average Bonchev–Trinajstić information content (AvgIpc) is 2.76. The summed E-state index contributed by atoms with van der Waals surface area (Å²) in [6, 6.07) is 5.00. The van der Waals surface area contributed by atoms with Gasteiger partial charge in [0.2, 0.25) is 0 Å². The second-order valence-corrected chi connectivity index (χ2v) is 7.67. The fraction of sp³-hybridized carbons (Fsp3) is 0.478. The van der Waals surface area contributed by atoms with Crippen LogP contribution in [0, 0.1) is 0 Å². The molecule has 1 aliphatic heterocycles. The van der Waals surface area contributed by atoms with Crippen LogP contribution in [0.2, 0.25) is 0 Å². The third kappa shape index (κ3) is 5.40. The number of allylic oxidation sites excluding steroid dienone is 4. The molecule has 0 spiro atoms. The zero-order chi connectivity index (χ0) is 20.6. The van der Waals surface area contributed by atoms with E-state index in [0.717, 1.165) is 45.2 Å². The van der Waals surface area contributed by atoms with E-state index in [4.69, 9.17) is 5.73 Å². The van der Waals surface area contributed by atoms with Gasteiger partial charge in [-0.2, -0.15) is 0 Å². The maximum atomic E-state index is 12.9. The molecule has 0 unspecified atom stereocenters. The van der Waals surface area contributed by atoms with Crippen LogP contribution in [0.4, 0.5) is 5.69 Å². The number of rotatable bonds is 7. The van der Waals surface area contributed by atoms with Gasteiger partial charge in [0, 0.05) is 49.7 Å². The fourth-order valence-corrected chi connectivity index (χ4v) is 3.81. The van der Waals surface area contributed by atoms with E-state index in [1.165, 1.54) is 5.70 Å². The van der Waals surface area contributed by atoms with Crippen molar-refractivity contribution in [1.82, 2.24) is 15.1 Å². The van der Waals surface area contributed by atoms with E-state index >= 15 is 0 Å². The Morgan fingerprint density at radius 1 is 1.14 bits per heavy atom. The van der Waals surface area contributed by atoms with Crippen LogP contribution in [-0.4, -0.2) is 54.3 Å². The highest BCUT2D eigenvalue weighted by Crippen LogP contribution is 2.20. The lowest BCUT2D eigenvalue weighted by Gasteiger charge is -2.37. The van der Waals surface area contributed by atoms with Crippen molar-refractivity contribution in [3.63, 3.8) is 0 Å². The number of piperazine rings is 1. The summed E-state index contributed by atoms with van der Waals surface area (Å²) < 4.78 is 0. The van der Waals surface area contributed by atoms with Crippen LogP contribution >= 0.6 is 0 Å². The maximum Gasteiger partial charge on any atom is 0.254 e. The van der Waals surface area contributed by atoms with Crippen molar-refractivity contribution >= 4 is 17.5 Å². The molecule has 2 amide bonds. The molecule has 1 fully saturated rings. The quantitative estimate of drug-likeness (QED) is 0.548. The number of benzene rings is 1. The molecule has 3 N–H and O–H groups in total. The fourth-order valence-electron chi connectivity index (χ4n) is 3.81. The topological polar surface area (TPSA) is 78.7 Å². The molecule has 1 saturated heterocycles. The summed E-state index contributed by atoms with van der Waals surface area (Å²) in [5.41, 5.74) is 8.76. The molecule has 0 saturated carbocycles. The first kappa shape index (κ1) is 21.0.